The Balaban J connectivity index is 1.33. The van der Waals surface area contributed by atoms with Gasteiger partial charge in [-0.05, 0) is 19.4 Å². The number of urea groups is 1. The number of aromatic nitrogens is 2. The van der Waals surface area contributed by atoms with Crippen molar-refractivity contribution in [2.24, 2.45) is 0 Å². The third kappa shape index (κ3) is 4.76. The summed E-state index contributed by atoms with van der Waals surface area (Å²) in [7, 11) is 0. The van der Waals surface area contributed by atoms with E-state index in [1.807, 2.05) is 23.1 Å². The third-order valence-corrected chi connectivity index (χ3v) is 5.46. The quantitative estimate of drug-likeness (QED) is 0.723. The first kappa shape index (κ1) is 19.9. The van der Waals surface area contributed by atoms with Crippen LogP contribution in [0.5, 0.6) is 0 Å². The summed E-state index contributed by atoms with van der Waals surface area (Å²) in [5.74, 6) is 0.903. The zero-order valence-electron chi connectivity index (χ0n) is 17.5. The molecule has 2 amide bonds. The van der Waals surface area contributed by atoms with Crippen LogP contribution in [0.4, 0.5) is 10.6 Å². The number of amides is 2. The topological polar surface area (TPSA) is 61.4 Å². The van der Waals surface area contributed by atoms with Gasteiger partial charge in [0.1, 0.15) is 12.1 Å². The molecular weight excluding hydrogens is 374 g/mol. The van der Waals surface area contributed by atoms with Gasteiger partial charge < -0.3 is 15.1 Å². The number of nitrogens with one attached hydrogen (secondary N) is 1. The van der Waals surface area contributed by atoms with E-state index >= 15 is 0 Å². The van der Waals surface area contributed by atoms with Crippen LogP contribution in [0.3, 0.4) is 0 Å². The van der Waals surface area contributed by atoms with Crippen molar-refractivity contribution in [3.63, 3.8) is 0 Å². The number of piperazine rings is 1. The van der Waals surface area contributed by atoms with Crippen molar-refractivity contribution in [2.75, 3.05) is 31.1 Å². The number of carbonyl (C=O) groups is 1. The van der Waals surface area contributed by atoms with E-state index in [-0.39, 0.29) is 6.03 Å². The summed E-state index contributed by atoms with van der Waals surface area (Å²) in [6, 6.07) is 18.6. The number of benzene rings is 2. The Kier molecular flexibility index (Phi) is 5.93. The Morgan fingerprint density at radius 3 is 2.20 bits per heavy atom. The van der Waals surface area contributed by atoms with Gasteiger partial charge in [0.25, 0.3) is 0 Å². The lowest BCUT2D eigenvalue weighted by Gasteiger charge is -2.35. The van der Waals surface area contributed by atoms with Crippen molar-refractivity contribution in [3.8, 4) is 11.3 Å². The Bertz CT molecular complexity index is 993. The van der Waals surface area contributed by atoms with Gasteiger partial charge in [0.2, 0.25) is 0 Å². The van der Waals surface area contributed by atoms with Crippen molar-refractivity contribution in [2.45, 2.75) is 20.4 Å². The van der Waals surface area contributed by atoms with Crippen molar-refractivity contribution < 1.29 is 4.79 Å². The van der Waals surface area contributed by atoms with E-state index in [0.717, 1.165) is 35.7 Å². The molecule has 4 rings (SSSR count). The van der Waals surface area contributed by atoms with E-state index in [1.165, 1.54) is 11.1 Å². The molecule has 1 aliphatic heterocycles. The summed E-state index contributed by atoms with van der Waals surface area (Å²) in [4.78, 5) is 25.5. The van der Waals surface area contributed by atoms with Crippen LogP contribution in [0, 0.1) is 13.8 Å². The Hall–Kier alpha value is -3.41. The smallest absolute Gasteiger partial charge is 0.317 e. The molecular formula is C24H27N5O. The standard InChI is InChI=1S/C24H27N5O/c1-18-3-7-20(8-4-18)16-25-24(30)29-13-11-28(12-14-29)23-15-22(26-17-27-23)21-9-5-19(2)6-10-21/h3-10,15,17H,11-14,16H2,1-2H3,(H,25,30). The van der Waals surface area contributed by atoms with Crippen molar-refractivity contribution in [3.05, 3.63) is 77.6 Å². The average Bonchev–Trinajstić information content (AvgIpc) is 2.79. The summed E-state index contributed by atoms with van der Waals surface area (Å²) in [6.45, 7) is 7.53. The number of hydrogen-bond acceptors (Lipinski definition) is 4. The van der Waals surface area contributed by atoms with Gasteiger partial charge in [-0.3, -0.25) is 0 Å². The van der Waals surface area contributed by atoms with Crippen LogP contribution in [0.1, 0.15) is 16.7 Å². The number of carbonyl (C=O) groups excluding carboxylic acids is 1. The van der Waals surface area contributed by atoms with E-state index in [0.29, 0.717) is 19.6 Å². The number of rotatable bonds is 4. The molecule has 2 aromatic carbocycles. The highest BCUT2D eigenvalue weighted by atomic mass is 16.2. The highest BCUT2D eigenvalue weighted by Gasteiger charge is 2.22. The van der Waals surface area contributed by atoms with Gasteiger partial charge in [0.05, 0.1) is 5.69 Å². The molecule has 0 bridgehead atoms. The monoisotopic (exact) mass is 401 g/mol. The minimum absolute atomic E-state index is 0.0155. The highest BCUT2D eigenvalue weighted by molar-refractivity contribution is 5.74. The van der Waals surface area contributed by atoms with Gasteiger partial charge in [-0.2, -0.15) is 0 Å². The minimum Gasteiger partial charge on any atom is -0.353 e. The molecule has 0 aliphatic carbocycles. The molecule has 2 heterocycles. The maximum atomic E-state index is 12.5. The fourth-order valence-electron chi connectivity index (χ4n) is 3.54. The predicted molar refractivity (Wildman–Crippen MR) is 119 cm³/mol. The maximum Gasteiger partial charge on any atom is 0.317 e. The zero-order valence-corrected chi connectivity index (χ0v) is 17.5. The van der Waals surface area contributed by atoms with Crippen LogP contribution in [-0.4, -0.2) is 47.1 Å². The molecule has 0 spiro atoms. The zero-order chi connectivity index (χ0) is 20.9. The number of hydrogen-bond donors (Lipinski definition) is 1. The lowest BCUT2D eigenvalue weighted by Crippen LogP contribution is -2.51. The van der Waals surface area contributed by atoms with Crippen LogP contribution in [0.15, 0.2) is 60.9 Å². The van der Waals surface area contributed by atoms with E-state index in [4.69, 9.17) is 0 Å². The molecule has 1 aliphatic rings. The third-order valence-electron chi connectivity index (χ3n) is 5.46. The van der Waals surface area contributed by atoms with Gasteiger partial charge in [-0.25, -0.2) is 14.8 Å². The highest BCUT2D eigenvalue weighted by Crippen LogP contribution is 2.22. The molecule has 30 heavy (non-hydrogen) atoms. The molecule has 1 saturated heterocycles. The lowest BCUT2D eigenvalue weighted by molar-refractivity contribution is 0.194. The first-order chi connectivity index (χ1) is 14.6. The number of aryl methyl sites for hydroxylation is 2. The second-order valence-corrected chi connectivity index (χ2v) is 7.75. The molecule has 0 radical (unpaired) electrons. The van der Waals surface area contributed by atoms with Gasteiger partial charge in [-0.1, -0.05) is 59.7 Å². The predicted octanol–water partition coefficient (Wildman–Crippen LogP) is 3.79. The molecule has 1 fully saturated rings. The van der Waals surface area contributed by atoms with Crippen LogP contribution in [0.25, 0.3) is 11.3 Å². The normalized spacial score (nSPS) is 13.9. The fourth-order valence-corrected chi connectivity index (χ4v) is 3.54. The van der Waals surface area contributed by atoms with Crippen LogP contribution < -0.4 is 10.2 Å². The second kappa shape index (κ2) is 8.95. The Labute approximate surface area is 177 Å². The number of anilines is 1. The molecule has 3 aromatic rings. The summed E-state index contributed by atoms with van der Waals surface area (Å²) in [5, 5.41) is 3.02. The Morgan fingerprint density at radius 2 is 1.53 bits per heavy atom. The van der Waals surface area contributed by atoms with Gasteiger partial charge >= 0.3 is 6.03 Å². The van der Waals surface area contributed by atoms with Gasteiger partial charge in [-0.15, -0.1) is 0 Å². The van der Waals surface area contributed by atoms with E-state index in [1.54, 1.807) is 6.33 Å². The van der Waals surface area contributed by atoms with Gasteiger partial charge in [0, 0.05) is 44.4 Å². The van der Waals surface area contributed by atoms with Crippen LogP contribution >= 0.6 is 0 Å². The van der Waals surface area contributed by atoms with E-state index in [9.17, 15) is 4.79 Å². The summed E-state index contributed by atoms with van der Waals surface area (Å²) < 4.78 is 0. The van der Waals surface area contributed by atoms with Crippen molar-refractivity contribution in [1.82, 2.24) is 20.2 Å². The van der Waals surface area contributed by atoms with Crippen molar-refractivity contribution in [1.29, 1.82) is 0 Å². The first-order valence-corrected chi connectivity index (χ1v) is 10.3. The molecule has 0 unspecified atom stereocenters. The second-order valence-electron chi connectivity index (χ2n) is 7.75. The largest absolute Gasteiger partial charge is 0.353 e. The molecule has 0 atom stereocenters. The van der Waals surface area contributed by atoms with E-state index in [2.05, 4.69) is 70.4 Å². The fraction of sp³-hybridized carbons (Fsp3) is 0.292. The molecule has 6 heteroatoms. The first-order valence-electron chi connectivity index (χ1n) is 10.3. The van der Waals surface area contributed by atoms with Gasteiger partial charge in [0.15, 0.2) is 0 Å². The molecule has 1 N–H and O–H groups in total. The lowest BCUT2D eigenvalue weighted by atomic mass is 10.1. The maximum absolute atomic E-state index is 12.5. The summed E-state index contributed by atoms with van der Waals surface area (Å²) in [6.07, 6.45) is 1.62. The van der Waals surface area contributed by atoms with E-state index < -0.39 is 0 Å². The minimum atomic E-state index is -0.0155. The number of nitrogens with zero attached hydrogens (tertiary/aromatic N) is 4. The average molecular weight is 402 g/mol. The molecule has 0 saturated carbocycles. The summed E-state index contributed by atoms with van der Waals surface area (Å²) in [5.41, 5.74) is 5.55. The SMILES string of the molecule is Cc1ccc(CNC(=O)N2CCN(c3cc(-c4ccc(C)cc4)ncn3)CC2)cc1. The molecule has 6 nitrogen and oxygen atoms in total. The Morgan fingerprint density at radius 1 is 0.900 bits per heavy atom. The van der Waals surface area contributed by atoms with Crippen LogP contribution in [0.2, 0.25) is 0 Å². The summed E-state index contributed by atoms with van der Waals surface area (Å²) >= 11 is 0. The van der Waals surface area contributed by atoms with Crippen LogP contribution in [-0.2, 0) is 6.54 Å². The van der Waals surface area contributed by atoms with Crippen molar-refractivity contribution >= 4 is 11.8 Å². The molecule has 154 valence electrons. The molecule has 1 aromatic heterocycles.